The van der Waals surface area contributed by atoms with Crippen molar-refractivity contribution in [3.05, 3.63) is 47.5 Å². The van der Waals surface area contributed by atoms with Gasteiger partial charge in [0.15, 0.2) is 4.96 Å². The predicted octanol–water partition coefficient (Wildman–Crippen LogP) is 2.92. The highest BCUT2D eigenvalue weighted by Gasteiger charge is 2.07. The number of hydrogen-bond acceptors (Lipinski definition) is 3. The van der Waals surface area contributed by atoms with Crippen molar-refractivity contribution < 1.29 is 0 Å². The predicted molar refractivity (Wildman–Crippen MR) is 78.7 cm³/mol. The van der Waals surface area contributed by atoms with Crippen molar-refractivity contribution in [2.45, 2.75) is 26.4 Å². The quantitative estimate of drug-likeness (QED) is 0.776. The summed E-state index contributed by atoms with van der Waals surface area (Å²) in [6.07, 6.45) is 8.46. The van der Waals surface area contributed by atoms with Crippen LogP contribution >= 0.6 is 11.3 Å². The molecule has 19 heavy (non-hydrogen) atoms. The highest BCUT2D eigenvalue weighted by atomic mass is 32.1. The lowest BCUT2D eigenvalue weighted by atomic mass is 10.2. The summed E-state index contributed by atoms with van der Waals surface area (Å²) in [5.41, 5.74) is 2.42. The molecule has 1 N–H and O–H groups in total. The molecule has 0 saturated heterocycles. The van der Waals surface area contributed by atoms with Crippen molar-refractivity contribution in [3.63, 3.8) is 0 Å². The van der Waals surface area contributed by atoms with Crippen LogP contribution in [0.5, 0.6) is 0 Å². The summed E-state index contributed by atoms with van der Waals surface area (Å²) in [5, 5.41) is 5.48. The van der Waals surface area contributed by atoms with Crippen LogP contribution in [-0.2, 0) is 6.54 Å². The van der Waals surface area contributed by atoms with Gasteiger partial charge in [0.2, 0.25) is 0 Å². The molecule has 5 heteroatoms. The van der Waals surface area contributed by atoms with Crippen LogP contribution in [0.25, 0.3) is 4.96 Å². The molecule has 3 heterocycles. The molecule has 0 bridgehead atoms. The molecule has 100 valence electrons. The van der Waals surface area contributed by atoms with E-state index in [2.05, 4.69) is 63.2 Å². The third kappa shape index (κ3) is 2.57. The average molecular weight is 274 g/mol. The molecule has 0 spiro atoms. The number of imidazole rings is 1. The van der Waals surface area contributed by atoms with Crippen molar-refractivity contribution in [1.29, 1.82) is 0 Å². The minimum atomic E-state index is 0.400. The molecule has 1 atom stereocenters. The molecule has 3 rings (SSSR count). The molecule has 4 nitrogen and oxygen atoms in total. The van der Waals surface area contributed by atoms with Gasteiger partial charge in [-0.05, 0) is 25.1 Å². The van der Waals surface area contributed by atoms with E-state index >= 15 is 0 Å². The second kappa shape index (κ2) is 5.19. The minimum absolute atomic E-state index is 0.400. The standard InChI is InChI=1S/C14H18N4S/c1-3-15-11(2)12-4-5-17(8-12)9-13-10-18-6-7-19-14(18)16-13/h4-8,10-11,15H,3,9H2,1-2H3. The minimum Gasteiger partial charge on any atom is -0.348 e. The lowest BCUT2D eigenvalue weighted by molar-refractivity contribution is 0.596. The van der Waals surface area contributed by atoms with Gasteiger partial charge in [-0.1, -0.05) is 6.92 Å². The number of nitrogens with zero attached hydrogens (tertiary/aromatic N) is 3. The summed E-state index contributed by atoms with van der Waals surface area (Å²) >= 11 is 1.67. The van der Waals surface area contributed by atoms with E-state index < -0.39 is 0 Å². The summed E-state index contributed by atoms with van der Waals surface area (Å²) in [6.45, 7) is 6.14. The van der Waals surface area contributed by atoms with E-state index in [1.54, 1.807) is 11.3 Å². The van der Waals surface area contributed by atoms with E-state index in [0.717, 1.165) is 23.7 Å². The van der Waals surface area contributed by atoms with E-state index in [4.69, 9.17) is 0 Å². The highest BCUT2D eigenvalue weighted by Crippen LogP contribution is 2.15. The number of rotatable bonds is 5. The smallest absolute Gasteiger partial charge is 0.193 e. The fourth-order valence-electron chi connectivity index (χ4n) is 2.28. The van der Waals surface area contributed by atoms with Gasteiger partial charge >= 0.3 is 0 Å². The topological polar surface area (TPSA) is 34.3 Å². The molecule has 0 radical (unpaired) electrons. The monoisotopic (exact) mass is 274 g/mol. The van der Waals surface area contributed by atoms with Gasteiger partial charge in [0, 0.05) is 36.2 Å². The summed E-state index contributed by atoms with van der Waals surface area (Å²) in [6, 6.07) is 2.57. The number of thiazole rings is 1. The van der Waals surface area contributed by atoms with Gasteiger partial charge in [-0.25, -0.2) is 4.98 Å². The molecule has 0 aliphatic carbocycles. The van der Waals surface area contributed by atoms with Crippen molar-refractivity contribution in [2.75, 3.05) is 6.54 Å². The highest BCUT2D eigenvalue weighted by molar-refractivity contribution is 7.15. The molecule has 0 aliphatic rings. The number of nitrogens with one attached hydrogen (secondary N) is 1. The fraction of sp³-hybridized carbons (Fsp3) is 0.357. The van der Waals surface area contributed by atoms with Crippen molar-refractivity contribution in [3.8, 4) is 0 Å². The molecule has 0 amide bonds. The Bertz CT molecular complexity index is 635. The van der Waals surface area contributed by atoms with Gasteiger partial charge in [-0.15, -0.1) is 11.3 Å². The van der Waals surface area contributed by atoms with Crippen LogP contribution in [-0.4, -0.2) is 20.5 Å². The molecule has 3 aromatic heterocycles. The van der Waals surface area contributed by atoms with Gasteiger partial charge in [-0.2, -0.15) is 0 Å². The fourth-order valence-corrected chi connectivity index (χ4v) is 3.00. The number of fused-ring (bicyclic) bond motifs is 1. The van der Waals surface area contributed by atoms with E-state index in [1.807, 2.05) is 6.20 Å². The molecule has 0 saturated carbocycles. The lowest BCUT2D eigenvalue weighted by Gasteiger charge is -2.09. The van der Waals surface area contributed by atoms with Crippen molar-refractivity contribution in [1.82, 2.24) is 19.3 Å². The Balaban J connectivity index is 1.74. The number of aromatic nitrogens is 3. The van der Waals surface area contributed by atoms with Crippen LogP contribution in [0.2, 0.25) is 0 Å². The van der Waals surface area contributed by atoms with Crippen LogP contribution in [0.1, 0.15) is 31.1 Å². The van der Waals surface area contributed by atoms with Gasteiger partial charge in [0.25, 0.3) is 0 Å². The van der Waals surface area contributed by atoms with E-state index in [9.17, 15) is 0 Å². The first-order chi connectivity index (χ1) is 9.26. The van der Waals surface area contributed by atoms with Gasteiger partial charge in [0.05, 0.1) is 12.2 Å². The van der Waals surface area contributed by atoms with Gasteiger partial charge in [0.1, 0.15) is 0 Å². The van der Waals surface area contributed by atoms with E-state index in [0.29, 0.717) is 6.04 Å². The lowest BCUT2D eigenvalue weighted by Crippen LogP contribution is -2.17. The Morgan fingerprint density at radius 3 is 3.05 bits per heavy atom. The zero-order valence-electron chi connectivity index (χ0n) is 11.2. The third-order valence-electron chi connectivity index (χ3n) is 3.27. The first-order valence-corrected chi connectivity index (χ1v) is 7.44. The van der Waals surface area contributed by atoms with Crippen LogP contribution in [0, 0.1) is 0 Å². The second-order valence-corrected chi connectivity index (χ2v) is 5.59. The Morgan fingerprint density at radius 2 is 2.26 bits per heavy atom. The normalized spacial score (nSPS) is 13.2. The van der Waals surface area contributed by atoms with Crippen LogP contribution < -0.4 is 5.32 Å². The summed E-state index contributed by atoms with van der Waals surface area (Å²) in [4.78, 5) is 5.66. The molecular formula is C14H18N4S. The summed E-state index contributed by atoms with van der Waals surface area (Å²) < 4.78 is 4.27. The molecule has 1 unspecified atom stereocenters. The van der Waals surface area contributed by atoms with E-state index in [-0.39, 0.29) is 0 Å². The molecule has 0 fully saturated rings. The first-order valence-electron chi connectivity index (χ1n) is 6.56. The first kappa shape index (κ1) is 12.4. The SMILES string of the molecule is CCNC(C)c1ccn(Cc2cn3ccsc3n2)c1. The van der Waals surface area contributed by atoms with Gasteiger partial charge in [-0.3, -0.25) is 4.40 Å². The zero-order chi connectivity index (χ0) is 13.2. The van der Waals surface area contributed by atoms with E-state index in [1.165, 1.54) is 5.56 Å². The Labute approximate surface area is 116 Å². The van der Waals surface area contributed by atoms with Crippen molar-refractivity contribution >= 4 is 16.3 Å². The molecular weight excluding hydrogens is 256 g/mol. The average Bonchev–Trinajstić information content (AvgIpc) is 3.04. The summed E-state index contributed by atoms with van der Waals surface area (Å²) in [7, 11) is 0. The molecule has 0 aromatic carbocycles. The maximum atomic E-state index is 4.60. The second-order valence-electron chi connectivity index (χ2n) is 4.72. The largest absolute Gasteiger partial charge is 0.348 e. The maximum absolute atomic E-state index is 4.60. The van der Waals surface area contributed by atoms with Crippen molar-refractivity contribution in [2.24, 2.45) is 0 Å². The Kier molecular flexibility index (Phi) is 3.40. The Hall–Kier alpha value is -1.59. The van der Waals surface area contributed by atoms with Crippen LogP contribution in [0.4, 0.5) is 0 Å². The molecule has 3 aromatic rings. The van der Waals surface area contributed by atoms with Crippen LogP contribution in [0.3, 0.4) is 0 Å². The van der Waals surface area contributed by atoms with Crippen LogP contribution in [0.15, 0.2) is 36.2 Å². The third-order valence-corrected chi connectivity index (χ3v) is 4.04. The summed E-state index contributed by atoms with van der Waals surface area (Å²) in [5.74, 6) is 0. The zero-order valence-corrected chi connectivity index (χ0v) is 12.0. The van der Waals surface area contributed by atoms with Gasteiger partial charge < -0.3 is 9.88 Å². The molecule has 0 aliphatic heterocycles. The Morgan fingerprint density at radius 1 is 1.37 bits per heavy atom. The maximum Gasteiger partial charge on any atom is 0.193 e. The number of hydrogen-bond donors (Lipinski definition) is 1.